The number of carbonyl (C=O) groups is 2. The van der Waals surface area contributed by atoms with Crippen molar-refractivity contribution in [3.8, 4) is 0 Å². The Morgan fingerprint density at radius 2 is 1.94 bits per heavy atom. The lowest BCUT2D eigenvalue weighted by Gasteiger charge is -2.08. The fourth-order valence-corrected chi connectivity index (χ4v) is 1.19. The van der Waals surface area contributed by atoms with E-state index in [9.17, 15) is 18.4 Å². The minimum absolute atomic E-state index is 0.239. The molecule has 0 aliphatic rings. The van der Waals surface area contributed by atoms with Crippen LogP contribution in [-0.4, -0.2) is 25.0 Å². The predicted molar refractivity (Wildman–Crippen MR) is 62.1 cm³/mol. The number of nitrogens with one attached hydrogen (secondary N) is 3. The van der Waals surface area contributed by atoms with Crippen LogP contribution in [0, 0.1) is 11.6 Å². The standard InChI is InChI=1S/C11H13F2N3O2/c1-2-14-9(17)6-15-11(18)16-8-5-3-4-7(12)10(8)13/h3-5H,2,6H2,1H3,(H,14,17)(H2,15,16,18). The fraction of sp³-hybridized carbons (Fsp3) is 0.273. The molecule has 0 unspecified atom stereocenters. The van der Waals surface area contributed by atoms with Crippen LogP contribution in [0.3, 0.4) is 0 Å². The highest BCUT2D eigenvalue weighted by molar-refractivity contribution is 5.92. The number of halogens is 2. The molecule has 0 spiro atoms. The highest BCUT2D eigenvalue weighted by atomic mass is 19.2. The molecule has 0 fully saturated rings. The zero-order valence-electron chi connectivity index (χ0n) is 9.72. The van der Waals surface area contributed by atoms with Gasteiger partial charge >= 0.3 is 6.03 Å². The first-order valence-corrected chi connectivity index (χ1v) is 5.30. The lowest BCUT2D eigenvalue weighted by Crippen LogP contribution is -2.38. The molecule has 0 heterocycles. The molecule has 18 heavy (non-hydrogen) atoms. The summed E-state index contributed by atoms with van der Waals surface area (Å²) >= 11 is 0. The fourth-order valence-electron chi connectivity index (χ4n) is 1.19. The van der Waals surface area contributed by atoms with Gasteiger partial charge in [0.2, 0.25) is 5.91 Å². The Balaban J connectivity index is 2.50. The number of urea groups is 1. The number of rotatable bonds is 4. The van der Waals surface area contributed by atoms with E-state index in [1.165, 1.54) is 12.1 Å². The van der Waals surface area contributed by atoms with E-state index in [1.54, 1.807) is 6.92 Å². The number of carbonyl (C=O) groups excluding carboxylic acids is 2. The molecule has 3 N–H and O–H groups in total. The van der Waals surface area contributed by atoms with Gasteiger partial charge in [0.25, 0.3) is 0 Å². The lowest BCUT2D eigenvalue weighted by atomic mass is 10.3. The highest BCUT2D eigenvalue weighted by Crippen LogP contribution is 2.15. The van der Waals surface area contributed by atoms with Crippen molar-refractivity contribution >= 4 is 17.6 Å². The van der Waals surface area contributed by atoms with Gasteiger partial charge in [0.05, 0.1) is 12.2 Å². The van der Waals surface area contributed by atoms with Crippen molar-refractivity contribution in [2.24, 2.45) is 0 Å². The van der Waals surface area contributed by atoms with E-state index in [0.717, 1.165) is 6.07 Å². The summed E-state index contributed by atoms with van der Waals surface area (Å²) in [5, 5.41) is 6.78. The van der Waals surface area contributed by atoms with Gasteiger partial charge in [-0.25, -0.2) is 13.6 Å². The first kappa shape index (κ1) is 13.9. The summed E-state index contributed by atoms with van der Waals surface area (Å²) in [6.45, 7) is 1.94. The van der Waals surface area contributed by atoms with Crippen LogP contribution < -0.4 is 16.0 Å². The van der Waals surface area contributed by atoms with Crippen molar-refractivity contribution < 1.29 is 18.4 Å². The van der Waals surface area contributed by atoms with Crippen LogP contribution in [0.4, 0.5) is 19.3 Å². The van der Waals surface area contributed by atoms with Gasteiger partial charge in [0, 0.05) is 6.54 Å². The van der Waals surface area contributed by atoms with E-state index in [-0.39, 0.29) is 18.1 Å². The molecule has 3 amide bonds. The number of amides is 3. The van der Waals surface area contributed by atoms with Gasteiger partial charge in [-0.15, -0.1) is 0 Å². The molecule has 0 atom stereocenters. The van der Waals surface area contributed by atoms with Crippen molar-refractivity contribution in [3.63, 3.8) is 0 Å². The molecule has 98 valence electrons. The minimum Gasteiger partial charge on any atom is -0.355 e. The highest BCUT2D eigenvalue weighted by Gasteiger charge is 2.10. The molecule has 0 aromatic heterocycles. The maximum absolute atomic E-state index is 13.2. The van der Waals surface area contributed by atoms with Crippen LogP contribution >= 0.6 is 0 Å². The topological polar surface area (TPSA) is 70.2 Å². The van der Waals surface area contributed by atoms with Crippen LogP contribution in [0.1, 0.15) is 6.92 Å². The summed E-state index contributed by atoms with van der Waals surface area (Å²) in [5.74, 6) is -2.57. The van der Waals surface area contributed by atoms with E-state index >= 15 is 0 Å². The molecule has 0 radical (unpaired) electrons. The molecule has 5 nitrogen and oxygen atoms in total. The summed E-state index contributed by atoms with van der Waals surface area (Å²) in [4.78, 5) is 22.3. The summed E-state index contributed by atoms with van der Waals surface area (Å²) in [7, 11) is 0. The van der Waals surface area contributed by atoms with Crippen LogP contribution in [0.5, 0.6) is 0 Å². The Labute approximate surface area is 103 Å². The van der Waals surface area contributed by atoms with Crippen LogP contribution in [0.2, 0.25) is 0 Å². The molecule has 1 rings (SSSR count). The number of hydrogen-bond acceptors (Lipinski definition) is 2. The maximum atomic E-state index is 13.2. The molecular weight excluding hydrogens is 244 g/mol. The summed E-state index contributed by atoms with van der Waals surface area (Å²) in [6.07, 6.45) is 0. The van der Waals surface area contributed by atoms with Gasteiger partial charge in [-0.1, -0.05) is 6.07 Å². The first-order chi connectivity index (χ1) is 8.54. The number of likely N-dealkylation sites (N-methyl/N-ethyl adjacent to an activating group) is 1. The van der Waals surface area contributed by atoms with Gasteiger partial charge in [0.15, 0.2) is 11.6 Å². The molecular formula is C11H13F2N3O2. The summed E-state index contributed by atoms with van der Waals surface area (Å²) < 4.78 is 26.0. The van der Waals surface area contributed by atoms with Gasteiger partial charge < -0.3 is 16.0 Å². The van der Waals surface area contributed by atoms with E-state index in [0.29, 0.717) is 6.54 Å². The smallest absolute Gasteiger partial charge is 0.319 e. The normalized spacial score (nSPS) is 9.72. The number of hydrogen-bond donors (Lipinski definition) is 3. The Morgan fingerprint density at radius 1 is 1.22 bits per heavy atom. The number of benzene rings is 1. The van der Waals surface area contributed by atoms with Crippen LogP contribution in [0.25, 0.3) is 0 Å². The Hall–Kier alpha value is -2.18. The Kier molecular flexibility index (Phi) is 5.04. The second-order valence-corrected chi connectivity index (χ2v) is 3.36. The first-order valence-electron chi connectivity index (χ1n) is 5.30. The van der Waals surface area contributed by atoms with E-state index in [4.69, 9.17) is 0 Å². The van der Waals surface area contributed by atoms with E-state index < -0.39 is 17.7 Å². The van der Waals surface area contributed by atoms with Crippen molar-refractivity contribution in [2.45, 2.75) is 6.92 Å². The summed E-state index contributed by atoms with van der Waals surface area (Å²) in [5.41, 5.74) is -0.289. The average Bonchev–Trinajstić information content (AvgIpc) is 2.33. The molecule has 0 aliphatic heterocycles. The van der Waals surface area contributed by atoms with Gasteiger partial charge in [-0.05, 0) is 19.1 Å². The molecule has 1 aromatic carbocycles. The molecule has 0 aliphatic carbocycles. The molecule has 0 bridgehead atoms. The van der Waals surface area contributed by atoms with Crippen molar-refractivity contribution in [1.82, 2.24) is 10.6 Å². The maximum Gasteiger partial charge on any atom is 0.319 e. The monoisotopic (exact) mass is 257 g/mol. The van der Waals surface area contributed by atoms with E-state index in [1.807, 2.05) is 0 Å². The van der Waals surface area contributed by atoms with Crippen molar-refractivity contribution in [1.29, 1.82) is 0 Å². The summed E-state index contributed by atoms with van der Waals surface area (Å²) in [6, 6.07) is 2.63. The Morgan fingerprint density at radius 3 is 2.61 bits per heavy atom. The third-order valence-corrected chi connectivity index (χ3v) is 1.98. The predicted octanol–water partition coefficient (Wildman–Crippen LogP) is 1.22. The van der Waals surface area contributed by atoms with Crippen LogP contribution in [-0.2, 0) is 4.79 Å². The quantitative estimate of drug-likeness (QED) is 0.759. The minimum atomic E-state index is -1.15. The average molecular weight is 257 g/mol. The SMILES string of the molecule is CCNC(=O)CNC(=O)Nc1cccc(F)c1F. The molecule has 0 saturated heterocycles. The zero-order chi connectivity index (χ0) is 13.5. The second-order valence-electron chi connectivity index (χ2n) is 3.36. The van der Waals surface area contributed by atoms with Crippen molar-refractivity contribution in [2.75, 3.05) is 18.4 Å². The lowest BCUT2D eigenvalue weighted by molar-refractivity contribution is -0.119. The van der Waals surface area contributed by atoms with Crippen LogP contribution in [0.15, 0.2) is 18.2 Å². The van der Waals surface area contributed by atoms with Gasteiger partial charge in [0.1, 0.15) is 0 Å². The molecule has 7 heteroatoms. The molecule has 1 aromatic rings. The van der Waals surface area contributed by atoms with Crippen molar-refractivity contribution in [3.05, 3.63) is 29.8 Å². The second kappa shape index (κ2) is 6.53. The van der Waals surface area contributed by atoms with Gasteiger partial charge in [-0.3, -0.25) is 4.79 Å². The third kappa shape index (κ3) is 4.00. The largest absolute Gasteiger partial charge is 0.355 e. The van der Waals surface area contributed by atoms with E-state index in [2.05, 4.69) is 16.0 Å². The zero-order valence-corrected chi connectivity index (χ0v) is 9.72. The Bertz CT molecular complexity index is 452. The molecule has 0 saturated carbocycles. The third-order valence-electron chi connectivity index (χ3n) is 1.98. The number of anilines is 1. The van der Waals surface area contributed by atoms with Gasteiger partial charge in [-0.2, -0.15) is 0 Å².